The molecule has 0 fully saturated rings. The molecule has 0 N–H and O–H groups in total. The van der Waals surface area contributed by atoms with Crippen molar-refractivity contribution < 1.29 is 4.48 Å². The van der Waals surface area contributed by atoms with Crippen LogP contribution >= 0.6 is 0 Å². The Bertz CT molecular complexity index is 129. The molecule has 0 aromatic rings. The van der Waals surface area contributed by atoms with E-state index in [1.807, 2.05) is 13.8 Å². The Balaban J connectivity index is 4.10. The highest BCUT2D eigenvalue weighted by Gasteiger charge is 2.07. The van der Waals surface area contributed by atoms with Crippen molar-refractivity contribution in [3.63, 3.8) is 0 Å². The second-order valence-corrected chi connectivity index (χ2v) is 2.60. The predicted octanol–water partition coefficient (Wildman–Crippen LogP) is 2.53. The van der Waals surface area contributed by atoms with E-state index >= 15 is 0 Å². The number of rotatable bonds is 3. The molecule has 0 atom stereocenters. The summed E-state index contributed by atoms with van der Waals surface area (Å²) in [5.74, 6) is 0.255. The Hall–Kier alpha value is -0.790. The van der Waals surface area contributed by atoms with Crippen LogP contribution in [0.15, 0.2) is 24.4 Å². The highest BCUT2D eigenvalue weighted by molar-refractivity contribution is 5.23. The molecule has 58 valence electrons. The van der Waals surface area contributed by atoms with Crippen LogP contribution in [0, 0.1) is 5.92 Å². The molecule has 0 spiro atoms. The van der Waals surface area contributed by atoms with Crippen molar-refractivity contribution in [3.05, 3.63) is 24.4 Å². The van der Waals surface area contributed by atoms with Crippen LogP contribution in [-0.4, -0.2) is 12.2 Å². The number of nitrogens with zero attached hydrogens (tertiary/aromatic N) is 1. The molecule has 0 saturated heterocycles. The summed E-state index contributed by atoms with van der Waals surface area (Å²) in [7, 11) is 1.32. The van der Waals surface area contributed by atoms with E-state index in [2.05, 4.69) is 13.2 Å². The molecule has 0 rings (SSSR count). The van der Waals surface area contributed by atoms with E-state index in [0.717, 1.165) is 5.57 Å². The van der Waals surface area contributed by atoms with E-state index in [9.17, 15) is 4.48 Å². The molecule has 0 aromatic carbocycles. The standard InChI is InChI=1S/C8H14FN/c1-6(2)7(3)8(4)10(5)9/h6H,3-4H2,1-2,5H3. The minimum absolute atomic E-state index is 0.255. The molecule has 0 heterocycles. The van der Waals surface area contributed by atoms with E-state index in [1.165, 1.54) is 7.05 Å². The van der Waals surface area contributed by atoms with Crippen molar-refractivity contribution in [2.75, 3.05) is 7.05 Å². The molecular weight excluding hydrogens is 129 g/mol. The molecular formula is C8H14FN. The van der Waals surface area contributed by atoms with E-state index in [0.29, 0.717) is 10.8 Å². The minimum atomic E-state index is 0.255. The fourth-order valence-electron chi connectivity index (χ4n) is 0.531. The lowest BCUT2D eigenvalue weighted by molar-refractivity contribution is 0.111. The van der Waals surface area contributed by atoms with Gasteiger partial charge in [-0.25, -0.2) is 5.12 Å². The first-order valence-corrected chi connectivity index (χ1v) is 3.24. The minimum Gasteiger partial charge on any atom is -0.215 e. The van der Waals surface area contributed by atoms with Crippen molar-refractivity contribution in [2.24, 2.45) is 5.92 Å². The fraction of sp³-hybridized carbons (Fsp3) is 0.500. The number of halogens is 1. The maximum atomic E-state index is 12.4. The highest BCUT2D eigenvalue weighted by atomic mass is 19.2. The number of hydrogen-bond acceptors (Lipinski definition) is 1. The zero-order chi connectivity index (χ0) is 8.31. The smallest absolute Gasteiger partial charge is 0.0641 e. The van der Waals surface area contributed by atoms with Crippen LogP contribution in [0.5, 0.6) is 0 Å². The van der Waals surface area contributed by atoms with Crippen molar-refractivity contribution in [3.8, 4) is 0 Å². The molecule has 0 saturated carbocycles. The number of allylic oxidation sites excluding steroid dienone is 1. The molecule has 0 unspecified atom stereocenters. The average Bonchev–Trinajstić information content (AvgIpc) is 1.84. The number of likely N-dealkylation sites (N-methyl/N-ethyl adjacent to an activating group) is 1. The normalized spacial score (nSPS) is 9.70. The van der Waals surface area contributed by atoms with Crippen LogP contribution in [0.4, 0.5) is 4.48 Å². The first-order valence-electron chi connectivity index (χ1n) is 3.24. The van der Waals surface area contributed by atoms with Crippen molar-refractivity contribution in [2.45, 2.75) is 13.8 Å². The first kappa shape index (κ1) is 9.21. The highest BCUT2D eigenvalue weighted by Crippen LogP contribution is 2.17. The zero-order valence-electron chi connectivity index (χ0n) is 6.82. The maximum absolute atomic E-state index is 12.4. The third kappa shape index (κ3) is 2.21. The van der Waals surface area contributed by atoms with Crippen LogP contribution in [0.1, 0.15) is 13.8 Å². The summed E-state index contributed by atoms with van der Waals surface area (Å²) in [5.41, 5.74) is 1.10. The summed E-state index contributed by atoms with van der Waals surface area (Å²) in [5, 5.41) is 0.488. The van der Waals surface area contributed by atoms with Gasteiger partial charge in [0.2, 0.25) is 0 Å². The Morgan fingerprint density at radius 1 is 1.40 bits per heavy atom. The second-order valence-electron chi connectivity index (χ2n) is 2.60. The molecule has 0 aliphatic heterocycles. The largest absolute Gasteiger partial charge is 0.215 e. The van der Waals surface area contributed by atoms with Crippen LogP contribution in [-0.2, 0) is 0 Å². The van der Waals surface area contributed by atoms with Gasteiger partial charge >= 0.3 is 0 Å². The average molecular weight is 143 g/mol. The molecule has 0 bridgehead atoms. The van der Waals surface area contributed by atoms with E-state index in [1.54, 1.807) is 0 Å². The molecule has 2 heteroatoms. The summed E-state index contributed by atoms with van der Waals surface area (Å²) in [6.07, 6.45) is 0. The molecule has 0 aromatic heterocycles. The molecule has 0 radical (unpaired) electrons. The van der Waals surface area contributed by atoms with Gasteiger partial charge < -0.3 is 0 Å². The summed E-state index contributed by atoms with van der Waals surface area (Å²) >= 11 is 0. The van der Waals surface area contributed by atoms with Crippen molar-refractivity contribution in [1.29, 1.82) is 0 Å². The summed E-state index contributed by atoms with van der Waals surface area (Å²) < 4.78 is 12.4. The Kier molecular flexibility index (Phi) is 3.13. The van der Waals surface area contributed by atoms with Crippen LogP contribution in [0.3, 0.4) is 0 Å². The predicted molar refractivity (Wildman–Crippen MR) is 42.0 cm³/mol. The van der Waals surface area contributed by atoms with Gasteiger partial charge in [0, 0.05) is 7.05 Å². The van der Waals surface area contributed by atoms with E-state index in [4.69, 9.17) is 0 Å². The third-order valence-electron chi connectivity index (χ3n) is 1.44. The fourth-order valence-corrected chi connectivity index (χ4v) is 0.531. The van der Waals surface area contributed by atoms with E-state index in [-0.39, 0.29) is 5.92 Å². The lowest BCUT2D eigenvalue weighted by Crippen LogP contribution is -2.09. The Morgan fingerprint density at radius 2 is 1.80 bits per heavy atom. The van der Waals surface area contributed by atoms with Gasteiger partial charge in [-0.1, -0.05) is 27.0 Å². The molecule has 0 aliphatic carbocycles. The van der Waals surface area contributed by atoms with Gasteiger partial charge in [-0.2, -0.15) is 0 Å². The van der Waals surface area contributed by atoms with Gasteiger partial charge in [0.1, 0.15) is 0 Å². The SMILES string of the molecule is C=C(C(=C)N(C)F)C(C)C. The van der Waals surface area contributed by atoms with Crippen LogP contribution in [0.25, 0.3) is 0 Å². The summed E-state index contributed by atoms with van der Waals surface area (Å²) in [6, 6.07) is 0. The van der Waals surface area contributed by atoms with Gasteiger partial charge in [-0.05, 0) is 11.5 Å². The quantitative estimate of drug-likeness (QED) is 0.433. The van der Waals surface area contributed by atoms with Gasteiger partial charge in [-0.3, -0.25) is 0 Å². The first-order chi connectivity index (χ1) is 4.46. The van der Waals surface area contributed by atoms with Gasteiger partial charge in [0.05, 0.1) is 5.70 Å². The lowest BCUT2D eigenvalue weighted by Gasteiger charge is -2.15. The topological polar surface area (TPSA) is 3.24 Å². The van der Waals surface area contributed by atoms with Gasteiger partial charge in [-0.15, -0.1) is 4.48 Å². The Labute approximate surface area is 61.8 Å². The van der Waals surface area contributed by atoms with Gasteiger partial charge in [0.25, 0.3) is 0 Å². The van der Waals surface area contributed by atoms with Gasteiger partial charge in [0.15, 0.2) is 0 Å². The molecule has 10 heavy (non-hydrogen) atoms. The molecule has 1 nitrogen and oxygen atoms in total. The Morgan fingerprint density at radius 3 is 1.90 bits per heavy atom. The van der Waals surface area contributed by atoms with Crippen LogP contribution in [0.2, 0.25) is 0 Å². The van der Waals surface area contributed by atoms with Crippen molar-refractivity contribution in [1.82, 2.24) is 5.12 Å². The second kappa shape index (κ2) is 3.40. The monoisotopic (exact) mass is 143 g/mol. The molecule has 0 aliphatic rings. The summed E-state index contributed by atoms with van der Waals surface area (Å²) in [4.78, 5) is 0. The van der Waals surface area contributed by atoms with Crippen molar-refractivity contribution >= 4 is 0 Å². The third-order valence-corrected chi connectivity index (χ3v) is 1.44. The van der Waals surface area contributed by atoms with Crippen LogP contribution < -0.4 is 0 Å². The number of hydrogen-bond donors (Lipinski definition) is 0. The lowest BCUT2D eigenvalue weighted by atomic mass is 10.0. The van der Waals surface area contributed by atoms with E-state index < -0.39 is 0 Å². The summed E-state index contributed by atoms with van der Waals surface area (Å²) in [6.45, 7) is 11.1. The maximum Gasteiger partial charge on any atom is 0.0641 e. The molecule has 0 amide bonds. The zero-order valence-corrected chi connectivity index (χ0v) is 6.82.